The van der Waals surface area contributed by atoms with Crippen molar-refractivity contribution in [1.29, 1.82) is 0 Å². The summed E-state index contributed by atoms with van der Waals surface area (Å²) in [6.07, 6.45) is 0.782. The molecule has 0 spiro atoms. The van der Waals surface area contributed by atoms with Crippen LogP contribution in [0.2, 0.25) is 0 Å². The summed E-state index contributed by atoms with van der Waals surface area (Å²) < 4.78 is 5.77. The summed E-state index contributed by atoms with van der Waals surface area (Å²) in [6, 6.07) is 5.70. The minimum absolute atomic E-state index is 0.00186. The second-order valence-corrected chi connectivity index (χ2v) is 4.73. The van der Waals surface area contributed by atoms with E-state index in [-0.39, 0.29) is 19.3 Å². The molecular formula is C15H20N2O3. The van der Waals surface area contributed by atoms with Crippen LogP contribution in [0.5, 0.6) is 0 Å². The van der Waals surface area contributed by atoms with E-state index in [1.54, 1.807) is 0 Å². The Labute approximate surface area is 118 Å². The molecule has 1 saturated heterocycles. The van der Waals surface area contributed by atoms with Crippen molar-refractivity contribution in [2.24, 2.45) is 4.99 Å². The molecule has 1 aromatic carbocycles. The van der Waals surface area contributed by atoms with E-state index in [2.05, 4.69) is 11.6 Å². The maximum atomic E-state index is 9.04. The molecular weight excluding hydrogens is 256 g/mol. The van der Waals surface area contributed by atoms with Crippen LogP contribution in [-0.4, -0.2) is 35.9 Å². The third-order valence-electron chi connectivity index (χ3n) is 3.28. The number of para-hydroxylation sites is 1. The predicted molar refractivity (Wildman–Crippen MR) is 78.6 cm³/mol. The summed E-state index contributed by atoms with van der Waals surface area (Å²) in [7, 11) is 0. The van der Waals surface area contributed by atoms with Crippen molar-refractivity contribution >= 4 is 11.6 Å². The van der Waals surface area contributed by atoms with E-state index in [9.17, 15) is 0 Å². The summed E-state index contributed by atoms with van der Waals surface area (Å²) in [6.45, 7) is 4.40. The fraction of sp³-hybridized carbons (Fsp3) is 0.400. The Balaban J connectivity index is 2.24. The second-order valence-electron chi connectivity index (χ2n) is 4.73. The Bertz CT molecular complexity index is 526. The first-order valence-corrected chi connectivity index (χ1v) is 6.64. The van der Waals surface area contributed by atoms with Crippen LogP contribution in [0.4, 0.5) is 5.69 Å². The molecule has 20 heavy (non-hydrogen) atoms. The van der Waals surface area contributed by atoms with Crippen molar-refractivity contribution in [3.8, 4) is 0 Å². The monoisotopic (exact) mass is 276 g/mol. The van der Waals surface area contributed by atoms with Gasteiger partial charge in [0, 0.05) is 24.3 Å². The maximum Gasteiger partial charge on any atom is 0.188 e. The van der Waals surface area contributed by atoms with Crippen molar-refractivity contribution < 1.29 is 14.9 Å². The van der Waals surface area contributed by atoms with Crippen LogP contribution in [0, 0.1) is 0 Å². The zero-order valence-corrected chi connectivity index (χ0v) is 11.4. The van der Waals surface area contributed by atoms with E-state index in [0.717, 1.165) is 16.7 Å². The highest BCUT2D eigenvalue weighted by atomic mass is 16.5. The smallest absolute Gasteiger partial charge is 0.188 e. The summed E-state index contributed by atoms with van der Waals surface area (Å²) in [5.74, 6) is 0.584. The molecule has 0 aliphatic carbocycles. The lowest BCUT2D eigenvalue weighted by Crippen LogP contribution is -2.07. The van der Waals surface area contributed by atoms with Crippen molar-refractivity contribution in [1.82, 2.24) is 0 Å². The Kier molecular flexibility index (Phi) is 4.76. The van der Waals surface area contributed by atoms with Crippen LogP contribution in [0.25, 0.3) is 0 Å². The molecule has 5 nitrogen and oxygen atoms in total. The number of rotatable bonds is 5. The number of ether oxygens (including phenoxy) is 1. The van der Waals surface area contributed by atoms with Gasteiger partial charge >= 0.3 is 0 Å². The van der Waals surface area contributed by atoms with Gasteiger partial charge in [0.1, 0.15) is 6.10 Å². The molecule has 108 valence electrons. The highest BCUT2D eigenvalue weighted by molar-refractivity contribution is 5.82. The Hall–Kier alpha value is -1.85. The van der Waals surface area contributed by atoms with Gasteiger partial charge < -0.3 is 20.7 Å². The molecule has 0 bridgehead atoms. The lowest BCUT2D eigenvalue weighted by atomic mass is 9.97. The van der Waals surface area contributed by atoms with Gasteiger partial charge in [-0.2, -0.15) is 0 Å². The highest BCUT2D eigenvalue weighted by Crippen LogP contribution is 2.37. The maximum absolute atomic E-state index is 9.04. The average Bonchev–Trinajstić information content (AvgIpc) is 2.80. The van der Waals surface area contributed by atoms with Gasteiger partial charge in [-0.05, 0) is 17.6 Å². The number of hydrogen-bond donors (Lipinski definition) is 3. The van der Waals surface area contributed by atoms with Gasteiger partial charge in [0.25, 0.3) is 0 Å². The Morgan fingerprint density at radius 1 is 1.35 bits per heavy atom. The lowest BCUT2D eigenvalue weighted by Gasteiger charge is -2.16. The molecule has 1 heterocycles. The Morgan fingerprint density at radius 2 is 2.15 bits per heavy atom. The fourth-order valence-corrected chi connectivity index (χ4v) is 2.30. The van der Waals surface area contributed by atoms with E-state index in [4.69, 9.17) is 20.7 Å². The molecule has 0 saturated carbocycles. The second kappa shape index (κ2) is 6.54. The minimum Gasteiger partial charge on any atom is -0.468 e. The molecule has 0 amide bonds. The molecule has 4 N–H and O–H groups in total. The number of nitrogens with two attached hydrogens (primary N) is 1. The van der Waals surface area contributed by atoms with Gasteiger partial charge in [0.15, 0.2) is 5.90 Å². The van der Waals surface area contributed by atoms with Crippen molar-refractivity contribution in [3.05, 3.63) is 41.5 Å². The van der Waals surface area contributed by atoms with E-state index in [0.29, 0.717) is 31.0 Å². The van der Waals surface area contributed by atoms with Gasteiger partial charge in [0.05, 0.1) is 13.2 Å². The number of anilines is 1. The van der Waals surface area contributed by atoms with E-state index < -0.39 is 0 Å². The van der Waals surface area contributed by atoms with Crippen molar-refractivity contribution in [2.75, 3.05) is 25.5 Å². The quantitative estimate of drug-likeness (QED) is 0.557. The fourth-order valence-electron chi connectivity index (χ4n) is 2.30. The highest BCUT2D eigenvalue weighted by Gasteiger charge is 2.29. The van der Waals surface area contributed by atoms with Crippen LogP contribution in [0.15, 0.2) is 35.3 Å². The predicted octanol–water partition coefficient (Wildman–Crippen LogP) is 1.21. The first kappa shape index (κ1) is 14.6. The summed E-state index contributed by atoms with van der Waals surface area (Å²) in [4.78, 5) is 4.16. The normalized spacial score (nSPS) is 20.4. The van der Waals surface area contributed by atoms with Crippen LogP contribution in [0.1, 0.15) is 23.7 Å². The van der Waals surface area contributed by atoms with Gasteiger partial charge in [-0.15, -0.1) is 0 Å². The van der Waals surface area contributed by atoms with Crippen LogP contribution in [-0.2, 0) is 11.2 Å². The molecule has 1 unspecified atom stereocenters. The summed E-state index contributed by atoms with van der Waals surface area (Å²) in [5, 5.41) is 17.8. The SMILES string of the molecule is C=C1CC(=NCCO)OC1c1cccc(CCO)c1N. The number of aliphatic hydroxyl groups excluding tert-OH is 2. The summed E-state index contributed by atoms with van der Waals surface area (Å²) >= 11 is 0. The third kappa shape index (κ3) is 3.00. The molecule has 1 aliphatic heterocycles. The van der Waals surface area contributed by atoms with Crippen LogP contribution >= 0.6 is 0 Å². The average molecular weight is 276 g/mol. The van der Waals surface area contributed by atoms with Gasteiger partial charge in [-0.1, -0.05) is 24.8 Å². The molecule has 1 fully saturated rings. The first-order valence-electron chi connectivity index (χ1n) is 6.64. The zero-order chi connectivity index (χ0) is 14.5. The third-order valence-corrected chi connectivity index (χ3v) is 3.28. The molecule has 0 aromatic heterocycles. The topological polar surface area (TPSA) is 88.1 Å². The number of aliphatic hydroxyl groups is 2. The van der Waals surface area contributed by atoms with E-state index in [1.165, 1.54) is 0 Å². The molecule has 1 aromatic rings. The van der Waals surface area contributed by atoms with Crippen molar-refractivity contribution in [2.45, 2.75) is 18.9 Å². The molecule has 1 aliphatic rings. The Morgan fingerprint density at radius 3 is 2.85 bits per heavy atom. The lowest BCUT2D eigenvalue weighted by molar-refractivity contribution is 0.252. The van der Waals surface area contributed by atoms with Crippen LogP contribution < -0.4 is 5.73 Å². The number of aliphatic imine (C=N–C) groups is 1. The first-order chi connectivity index (χ1) is 9.67. The van der Waals surface area contributed by atoms with Gasteiger partial charge in [0.2, 0.25) is 0 Å². The summed E-state index contributed by atoms with van der Waals surface area (Å²) in [5.41, 5.74) is 9.44. The number of nitrogen functional groups attached to an aromatic ring is 1. The van der Waals surface area contributed by atoms with Crippen molar-refractivity contribution in [3.63, 3.8) is 0 Å². The molecule has 2 rings (SSSR count). The van der Waals surface area contributed by atoms with Crippen LogP contribution in [0.3, 0.4) is 0 Å². The van der Waals surface area contributed by atoms with E-state index in [1.807, 2.05) is 18.2 Å². The zero-order valence-electron chi connectivity index (χ0n) is 11.4. The van der Waals surface area contributed by atoms with E-state index >= 15 is 0 Å². The van der Waals surface area contributed by atoms with Gasteiger partial charge in [-0.3, -0.25) is 4.99 Å². The number of nitrogens with zero attached hydrogens (tertiary/aromatic N) is 1. The number of hydrogen-bond acceptors (Lipinski definition) is 5. The molecule has 0 radical (unpaired) electrons. The molecule has 5 heteroatoms. The largest absolute Gasteiger partial charge is 0.468 e. The molecule has 1 atom stereocenters. The standard InChI is InChI=1S/C15H20N2O3/c1-10-9-13(17-6-8-19)20-15(10)12-4-2-3-11(5-7-18)14(12)16/h2-4,15,18-19H,1,5-9,16H2. The minimum atomic E-state index is -0.300. The van der Waals surface area contributed by atoms with Gasteiger partial charge in [-0.25, -0.2) is 0 Å². The number of benzene rings is 1.